The fraction of sp³-hybridized carbons (Fsp3) is 0.333. The third kappa shape index (κ3) is 4.41. The summed E-state index contributed by atoms with van der Waals surface area (Å²) < 4.78 is 5.88. The van der Waals surface area contributed by atoms with E-state index in [9.17, 15) is 5.26 Å². The molecule has 0 atom stereocenters. The van der Waals surface area contributed by atoms with Crippen molar-refractivity contribution in [2.45, 2.75) is 13.5 Å². The summed E-state index contributed by atoms with van der Waals surface area (Å²) in [4.78, 5) is 9.00. The molecule has 1 aromatic heterocycles. The predicted octanol–water partition coefficient (Wildman–Crippen LogP) is 3.23. The number of para-hydroxylation sites is 1. The van der Waals surface area contributed by atoms with Crippen molar-refractivity contribution in [3.8, 4) is 11.8 Å². The molecule has 1 saturated heterocycles. The van der Waals surface area contributed by atoms with Gasteiger partial charge in [-0.3, -0.25) is 4.90 Å². The van der Waals surface area contributed by atoms with E-state index >= 15 is 0 Å². The summed E-state index contributed by atoms with van der Waals surface area (Å²) in [5.74, 6) is 1.72. The highest BCUT2D eigenvalue weighted by Crippen LogP contribution is 2.23. The van der Waals surface area contributed by atoms with Gasteiger partial charge in [-0.1, -0.05) is 24.8 Å². The van der Waals surface area contributed by atoms with E-state index in [1.54, 1.807) is 12.3 Å². The number of hydrogen-bond donors (Lipinski definition) is 0. The summed E-state index contributed by atoms with van der Waals surface area (Å²) in [6.07, 6.45) is 1.75. The number of nitriles is 1. The third-order valence-electron chi connectivity index (χ3n) is 4.42. The second-order valence-electron chi connectivity index (χ2n) is 6.60. The first-order valence-corrected chi connectivity index (χ1v) is 8.85. The molecule has 0 amide bonds. The summed E-state index contributed by atoms with van der Waals surface area (Å²) in [5, 5.41) is 9.27. The van der Waals surface area contributed by atoms with Crippen LogP contribution in [0.1, 0.15) is 18.1 Å². The Labute approximate surface area is 155 Å². The van der Waals surface area contributed by atoms with Crippen molar-refractivity contribution in [2.75, 3.05) is 37.7 Å². The molecule has 2 heterocycles. The van der Waals surface area contributed by atoms with Gasteiger partial charge < -0.3 is 9.64 Å². The van der Waals surface area contributed by atoms with Crippen LogP contribution in [-0.2, 0) is 6.54 Å². The number of anilines is 1. The molecule has 1 aromatic carbocycles. The third-order valence-corrected chi connectivity index (χ3v) is 4.42. The predicted molar refractivity (Wildman–Crippen MR) is 103 cm³/mol. The zero-order chi connectivity index (χ0) is 18.4. The van der Waals surface area contributed by atoms with Gasteiger partial charge in [0.25, 0.3) is 0 Å². The number of rotatable bonds is 6. The van der Waals surface area contributed by atoms with Gasteiger partial charge in [0.1, 0.15) is 24.2 Å². The number of piperazine rings is 1. The Morgan fingerprint density at radius 3 is 2.69 bits per heavy atom. The Morgan fingerprint density at radius 1 is 1.19 bits per heavy atom. The summed E-state index contributed by atoms with van der Waals surface area (Å²) in [6.45, 7) is 10.8. The quantitative estimate of drug-likeness (QED) is 0.750. The maximum atomic E-state index is 9.27. The average molecular weight is 348 g/mol. The van der Waals surface area contributed by atoms with Gasteiger partial charge in [0.15, 0.2) is 0 Å². The Kier molecular flexibility index (Phi) is 5.88. The minimum absolute atomic E-state index is 0.543. The zero-order valence-electron chi connectivity index (χ0n) is 15.2. The highest BCUT2D eigenvalue weighted by molar-refractivity contribution is 5.53. The maximum Gasteiger partial charge on any atom is 0.146 e. The van der Waals surface area contributed by atoms with E-state index in [1.807, 2.05) is 31.2 Å². The molecule has 0 spiro atoms. The lowest BCUT2D eigenvalue weighted by Crippen LogP contribution is -2.46. The fourth-order valence-electron chi connectivity index (χ4n) is 3.07. The topological polar surface area (TPSA) is 52.4 Å². The lowest BCUT2D eigenvalue weighted by molar-refractivity contribution is 0.243. The van der Waals surface area contributed by atoms with Crippen LogP contribution in [0.5, 0.6) is 5.75 Å². The molecule has 3 rings (SSSR count). The molecular weight excluding hydrogens is 324 g/mol. The van der Waals surface area contributed by atoms with Crippen molar-refractivity contribution >= 4 is 5.82 Å². The molecule has 0 bridgehead atoms. The van der Waals surface area contributed by atoms with Crippen LogP contribution in [-0.4, -0.2) is 42.7 Å². The van der Waals surface area contributed by atoms with Crippen molar-refractivity contribution in [1.82, 2.24) is 9.88 Å². The van der Waals surface area contributed by atoms with Crippen LogP contribution in [0.25, 0.3) is 0 Å². The van der Waals surface area contributed by atoms with Crippen molar-refractivity contribution in [2.24, 2.45) is 0 Å². The smallest absolute Gasteiger partial charge is 0.146 e. The van der Waals surface area contributed by atoms with E-state index in [4.69, 9.17) is 4.74 Å². The van der Waals surface area contributed by atoms with Crippen LogP contribution in [0, 0.1) is 11.3 Å². The van der Waals surface area contributed by atoms with Gasteiger partial charge in [0, 0.05) is 44.5 Å². The first-order chi connectivity index (χ1) is 12.7. The normalized spacial score (nSPS) is 14.7. The van der Waals surface area contributed by atoms with E-state index in [1.165, 1.54) is 5.56 Å². The average Bonchev–Trinajstić information content (AvgIpc) is 2.68. The molecule has 5 heteroatoms. The van der Waals surface area contributed by atoms with Gasteiger partial charge in [-0.15, -0.1) is 0 Å². The molecule has 5 nitrogen and oxygen atoms in total. The number of aromatic nitrogens is 1. The Bertz CT molecular complexity index is 804. The van der Waals surface area contributed by atoms with Crippen molar-refractivity contribution in [3.63, 3.8) is 0 Å². The summed E-state index contributed by atoms with van der Waals surface area (Å²) >= 11 is 0. The SMILES string of the molecule is C=C(C)COc1ccccc1CN1CCN(c2ncccc2C#N)CC1. The van der Waals surface area contributed by atoms with Crippen LogP contribution in [0.15, 0.2) is 54.7 Å². The van der Waals surface area contributed by atoms with Crippen molar-refractivity contribution in [3.05, 3.63) is 65.9 Å². The fourth-order valence-corrected chi connectivity index (χ4v) is 3.07. The lowest BCUT2D eigenvalue weighted by atomic mass is 10.1. The molecular formula is C21H24N4O. The molecule has 1 aliphatic rings. The van der Waals surface area contributed by atoms with E-state index in [2.05, 4.69) is 33.5 Å². The lowest BCUT2D eigenvalue weighted by Gasteiger charge is -2.35. The molecule has 0 saturated carbocycles. The van der Waals surface area contributed by atoms with Gasteiger partial charge in [-0.25, -0.2) is 4.98 Å². The molecule has 134 valence electrons. The first-order valence-electron chi connectivity index (χ1n) is 8.85. The Morgan fingerprint density at radius 2 is 1.96 bits per heavy atom. The number of nitrogens with zero attached hydrogens (tertiary/aromatic N) is 4. The van der Waals surface area contributed by atoms with Crippen molar-refractivity contribution in [1.29, 1.82) is 5.26 Å². The van der Waals surface area contributed by atoms with Gasteiger partial charge in [0.05, 0.1) is 5.56 Å². The molecule has 0 aliphatic carbocycles. The minimum Gasteiger partial charge on any atom is -0.489 e. The summed E-state index contributed by atoms with van der Waals surface area (Å²) in [7, 11) is 0. The van der Waals surface area contributed by atoms with Crippen LogP contribution >= 0.6 is 0 Å². The standard InChI is InChI=1S/C21H24N4O/c1-17(2)16-26-20-8-4-3-6-19(20)15-24-10-12-25(13-11-24)21-18(14-22)7-5-9-23-21/h3-9H,1,10-13,15-16H2,2H3. The zero-order valence-corrected chi connectivity index (χ0v) is 15.2. The Hall–Kier alpha value is -2.84. The number of pyridine rings is 1. The largest absolute Gasteiger partial charge is 0.489 e. The van der Waals surface area contributed by atoms with Crippen LogP contribution in [0.3, 0.4) is 0 Å². The molecule has 0 unspecified atom stereocenters. The molecule has 1 fully saturated rings. The van der Waals surface area contributed by atoms with Gasteiger partial charge >= 0.3 is 0 Å². The molecule has 2 aromatic rings. The number of ether oxygens (including phenoxy) is 1. The van der Waals surface area contributed by atoms with E-state index in [0.29, 0.717) is 12.2 Å². The van der Waals surface area contributed by atoms with Crippen LogP contribution in [0.4, 0.5) is 5.82 Å². The van der Waals surface area contributed by atoms with Crippen LogP contribution < -0.4 is 9.64 Å². The van der Waals surface area contributed by atoms with E-state index < -0.39 is 0 Å². The number of hydrogen-bond acceptors (Lipinski definition) is 5. The summed E-state index contributed by atoms with van der Waals surface area (Å²) in [6, 6.07) is 14.0. The molecule has 0 N–H and O–H groups in total. The van der Waals surface area contributed by atoms with E-state index in [0.717, 1.165) is 49.9 Å². The van der Waals surface area contributed by atoms with Gasteiger partial charge in [0.2, 0.25) is 0 Å². The van der Waals surface area contributed by atoms with Crippen LogP contribution in [0.2, 0.25) is 0 Å². The minimum atomic E-state index is 0.543. The second kappa shape index (κ2) is 8.50. The van der Waals surface area contributed by atoms with Gasteiger partial charge in [-0.05, 0) is 30.7 Å². The highest BCUT2D eigenvalue weighted by Gasteiger charge is 2.21. The highest BCUT2D eigenvalue weighted by atomic mass is 16.5. The maximum absolute atomic E-state index is 9.27. The molecule has 1 aliphatic heterocycles. The molecule has 26 heavy (non-hydrogen) atoms. The van der Waals surface area contributed by atoms with E-state index in [-0.39, 0.29) is 0 Å². The van der Waals surface area contributed by atoms with Crippen molar-refractivity contribution < 1.29 is 4.74 Å². The first kappa shape index (κ1) is 18.0. The Balaban J connectivity index is 1.61. The number of benzene rings is 1. The van der Waals surface area contributed by atoms with Gasteiger partial charge in [-0.2, -0.15) is 5.26 Å². The monoisotopic (exact) mass is 348 g/mol. The second-order valence-corrected chi connectivity index (χ2v) is 6.60. The molecule has 0 radical (unpaired) electrons. The summed E-state index contributed by atoms with van der Waals surface area (Å²) in [5.41, 5.74) is 2.84.